The van der Waals surface area contributed by atoms with E-state index < -0.39 is 4.92 Å². The van der Waals surface area contributed by atoms with E-state index in [9.17, 15) is 10.1 Å². The number of aromatic nitrogens is 2. The Balaban J connectivity index is 2.23. The van der Waals surface area contributed by atoms with E-state index in [0.29, 0.717) is 11.6 Å². The standard InChI is InChI=1S/C10H9N5O2S/c11-9(18)14-10-12-5-8(13-10)6-1-3-7(4-2-6)15(16)17/h1-5H,(H4,11,12,13,14,18). The molecule has 0 saturated heterocycles. The summed E-state index contributed by atoms with van der Waals surface area (Å²) in [5, 5.41) is 13.3. The van der Waals surface area contributed by atoms with Crippen LogP contribution < -0.4 is 11.1 Å². The van der Waals surface area contributed by atoms with Crippen LogP contribution in [0.3, 0.4) is 0 Å². The molecule has 0 spiro atoms. The predicted octanol–water partition coefficient (Wildman–Crippen LogP) is 1.64. The highest BCUT2D eigenvalue weighted by Crippen LogP contribution is 2.21. The summed E-state index contributed by atoms with van der Waals surface area (Å²) in [6.45, 7) is 0. The highest BCUT2D eigenvalue weighted by atomic mass is 32.1. The minimum atomic E-state index is -0.448. The van der Waals surface area contributed by atoms with Crippen LogP contribution in [0.1, 0.15) is 0 Å². The Morgan fingerprint density at radius 1 is 1.44 bits per heavy atom. The van der Waals surface area contributed by atoms with Crippen LogP contribution in [0.2, 0.25) is 0 Å². The van der Waals surface area contributed by atoms with Crippen LogP contribution in [0.25, 0.3) is 11.3 Å². The van der Waals surface area contributed by atoms with Gasteiger partial charge in [-0.2, -0.15) is 0 Å². The van der Waals surface area contributed by atoms with Crippen molar-refractivity contribution in [1.29, 1.82) is 0 Å². The lowest BCUT2D eigenvalue weighted by atomic mass is 10.1. The van der Waals surface area contributed by atoms with Gasteiger partial charge in [0.05, 0.1) is 16.8 Å². The van der Waals surface area contributed by atoms with Crippen LogP contribution in [-0.2, 0) is 0 Å². The first-order chi connectivity index (χ1) is 8.56. The molecule has 0 aliphatic heterocycles. The lowest BCUT2D eigenvalue weighted by Crippen LogP contribution is -2.19. The lowest BCUT2D eigenvalue weighted by molar-refractivity contribution is -0.384. The van der Waals surface area contributed by atoms with E-state index >= 15 is 0 Å². The number of nitrogens with two attached hydrogens (primary N) is 1. The molecule has 4 N–H and O–H groups in total. The zero-order chi connectivity index (χ0) is 13.1. The molecule has 7 nitrogen and oxygen atoms in total. The number of nitrogens with zero attached hydrogens (tertiary/aromatic N) is 2. The number of nitro benzene ring substituents is 1. The lowest BCUT2D eigenvalue weighted by Gasteiger charge is -1.98. The van der Waals surface area contributed by atoms with Gasteiger partial charge >= 0.3 is 0 Å². The summed E-state index contributed by atoms with van der Waals surface area (Å²) < 4.78 is 0. The van der Waals surface area contributed by atoms with Crippen molar-refractivity contribution in [2.24, 2.45) is 5.73 Å². The first-order valence-electron chi connectivity index (χ1n) is 4.92. The normalized spacial score (nSPS) is 10.0. The van der Waals surface area contributed by atoms with Crippen molar-refractivity contribution >= 4 is 29.0 Å². The maximum Gasteiger partial charge on any atom is 0.269 e. The Bertz CT molecular complexity index is 593. The molecule has 0 radical (unpaired) electrons. The van der Waals surface area contributed by atoms with Crippen LogP contribution in [0.4, 0.5) is 11.6 Å². The Morgan fingerprint density at radius 2 is 2.11 bits per heavy atom. The van der Waals surface area contributed by atoms with Crippen molar-refractivity contribution in [3.63, 3.8) is 0 Å². The molecule has 0 unspecified atom stereocenters. The van der Waals surface area contributed by atoms with E-state index in [2.05, 4.69) is 27.5 Å². The number of aromatic amines is 1. The van der Waals surface area contributed by atoms with E-state index in [4.69, 9.17) is 5.73 Å². The predicted molar refractivity (Wildman–Crippen MR) is 71.1 cm³/mol. The number of imidazole rings is 1. The third kappa shape index (κ3) is 2.61. The summed E-state index contributed by atoms with van der Waals surface area (Å²) in [5.41, 5.74) is 6.85. The molecule has 1 aromatic carbocycles. The average Bonchev–Trinajstić information content (AvgIpc) is 2.76. The van der Waals surface area contributed by atoms with Gasteiger partial charge < -0.3 is 16.0 Å². The van der Waals surface area contributed by atoms with Crippen molar-refractivity contribution in [3.8, 4) is 11.3 Å². The number of nitrogens with one attached hydrogen (secondary N) is 2. The van der Waals surface area contributed by atoms with E-state index in [1.54, 1.807) is 18.3 Å². The molecule has 0 atom stereocenters. The Labute approximate surface area is 107 Å². The van der Waals surface area contributed by atoms with Crippen LogP contribution in [0.5, 0.6) is 0 Å². The van der Waals surface area contributed by atoms with Crippen molar-refractivity contribution in [1.82, 2.24) is 9.97 Å². The third-order valence-electron chi connectivity index (χ3n) is 2.21. The maximum atomic E-state index is 10.5. The number of nitro groups is 1. The number of rotatable bonds is 3. The molecule has 92 valence electrons. The minimum Gasteiger partial charge on any atom is -0.376 e. The van der Waals surface area contributed by atoms with E-state index in [0.717, 1.165) is 5.56 Å². The number of hydrogen-bond donors (Lipinski definition) is 3. The molecular weight excluding hydrogens is 254 g/mol. The molecule has 1 aromatic heterocycles. The van der Waals surface area contributed by atoms with Gasteiger partial charge in [-0.3, -0.25) is 10.1 Å². The Hall–Kier alpha value is -2.48. The maximum absolute atomic E-state index is 10.5. The zero-order valence-electron chi connectivity index (χ0n) is 9.08. The van der Waals surface area contributed by atoms with Gasteiger partial charge in [0, 0.05) is 17.7 Å². The fraction of sp³-hybridized carbons (Fsp3) is 0. The smallest absolute Gasteiger partial charge is 0.269 e. The summed E-state index contributed by atoms with van der Waals surface area (Å²) in [5.74, 6) is 0.427. The quantitative estimate of drug-likeness (QED) is 0.441. The molecule has 0 bridgehead atoms. The minimum absolute atomic E-state index is 0.0414. The van der Waals surface area contributed by atoms with Gasteiger partial charge in [0.25, 0.3) is 5.69 Å². The van der Waals surface area contributed by atoms with E-state index in [1.165, 1.54) is 12.1 Å². The fourth-order valence-electron chi connectivity index (χ4n) is 1.41. The SMILES string of the molecule is NC(=S)Nc1ncc(-c2ccc([N+](=O)[O-])cc2)[nH]1. The van der Waals surface area contributed by atoms with Gasteiger partial charge in [-0.1, -0.05) is 0 Å². The molecular formula is C10H9N5O2S. The number of H-pyrrole nitrogens is 1. The summed E-state index contributed by atoms with van der Waals surface area (Å²) >= 11 is 4.68. The summed E-state index contributed by atoms with van der Waals surface area (Å²) in [6.07, 6.45) is 1.59. The molecule has 0 aliphatic rings. The first-order valence-corrected chi connectivity index (χ1v) is 5.33. The largest absolute Gasteiger partial charge is 0.376 e. The van der Waals surface area contributed by atoms with Gasteiger partial charge in [-0.25, -0.2) is 4.98 Å². The van der Waals surface area contributed by atoms with Gasteiger partial charge in [-0.05, 0) is 24.4 Å². The summed E-state index contributed by atoms with van der Waals surface area (Å²) in [4.78, 5) is 17.0. The summed E-state index contributed by atoms with van der Waals surface area (Å²) in [7, 11) is 0. The molecule has 2 aromatic rings. The molecule has 0 fully saturated rings. The Morgan fingerprint density at radius 3 is 2.67 bits per heavy atom. The van der Waals surface area contributed by atoms with Crippen LogP contribution in [0.15, 0.2) is 30.5 Å². The third-order valence-corrected chi connectivity index (χ3v) is 2.31. The topological polar surface area (TPSA) is 110 Å². The van der Waals surface area contributed by atoms with Gasteiger partial charge in [0.15, 0.2) is 5.11 Å². The van der Waals surface area contributed by atoms with E-state index in [-0.39, 0.29) is 10.8 Å². The zero-order valence-corrected chi connectivity index (χ0v) is 9.90. The number of hydrogen-bond acceptors (Lipinski definition) is 4. The van der Waals surface area contributed by atoms with Crippen molar-refractivity contribution < 1.29 is 4.92 Å². The van der Waals surface area contributed by atoms with Gasteiger partial charge in [-0.15, -0.1) is 0 Å². The molecule has 0 saturated carbocycles. The molecule has 18 heavy (non-hydrogen) atoms. The Kier molecular flexibility index (Phi) is 3.20. The van der Waals surface area contributed by atoms with E-state index in [1.807, 2.05) is 0 Å². The second kappa shape index (κ2) is 4.80. The number of non-ortho nitro benzene ring substituents is 1. The number of anilines is 1. The highest BCUT2D eigenvalue weighted by molar-refractivity contribution is 7.80. The molecule has 8 heteroatoms. The first kappa shape index (κ1) is 12.0. The molecule has 1 heterocycles. The van der Waals surface area contributed by atoms with Crippen molar-refractivity contribution in [2.45, 2.75) is 0 Å². The van der Waals surface area contributed by atoms with Crippen molar-refractivity contribution in [2.75, 3.05) is 5.32 Å². The van der Waals surface area contributed by atoms with Crippen molar-refractivity contribution in [3.05, 3.63) is 40.6 Å². The van der Waals surface area contributed by atoms with Gasteiger partial charge in [0.1, 0.15) is 0 Å². The molecule has 0 aliphatic carbocycles. The monoisotopic (exact) mass is 263 g/mol. The van der Waals surface area contributed by atoms with Crippen LogP contribution >= 0.6 is 12.2 Å². The second-order valence-corrected chi connectivity index (χ2v) is 3.88. The average molecular weight is 263 g/mol. The fourth-order valence-corrected chi connectivity index (χ4v) is 1.51. The van der Waals surface area contributed by atoms with Gasteiger partial charge in [0.2, 0.25) is 5.95 Å². The highest BCUT2D eigenvalue weighted by Gasteiger charge is 2.07. The van der Waals surface area contributed by atoms with Crippen LogP contribution in [0, 0.1) is 10.1 Å². The molecule has 2 rings (SSSR count). The second-order valence-electron chi connectivity index (χ2n) is 3.44. The number of benzene rings is 1. The summed E-state index contributed by atoms with van der Waals surface area (Å²) in [6, 6.07) is 6.13. The molecule has 0 amide bonds. The van der Waals surface area contributed by atoms with Crippen LogP contribution in [-0.4, -0.2) is 20.0 Å². The number of thiocarbonyl (C=S) groups is 1.